The van der Waals surface area contributed by atoms with Gasteiger partial charge in [-0.25, -0.2) is 0 Å². The topological polar surface area (TPSA) is 46.5 Å². The van der Waals surface area contributed by atoms with E-state index < -0.39 is 0 Å². The Morgan fingerprint density at radius 1 is 1.41 bits per heavy atom. The van der Waals surface area contributed by atoms with Crippen LogP contribution in [0, 0.1) is 16.2 Å². The second-order valence-corrected chi connectivity index (χ2v) is 6.70. The minimum absolute atomic E-state index is 0.0337. The second-order valence-electron chi connectivity index (χ2n) is 6.70. The monoisotopic (exact) mass is 242 g/mol. The van der Waals surface area contributed by atoms with E-state index in [2.05, 4.69) is 34.6 Å². The molecule has 3 heteroatoms. The first kappa shape index (κ1) is 14.5. The molecule has 1 fully saturated rings. The lowest BCUT2D eigenvalue weighted by Crippen LogP contribution is -2.30. The van der Waals surface area contributed by atoms with Crippen molar-refractivity contribution in [3.63, 3.8) is 0 Å². The Bertz CT molecular complexity index is 294. The van der Waals surface area contributed by atoms with Gasteiger partial charge in [-0.15, -0.1) is 0 Å². The molecule has 100 valence electrons. The molecule has 1 atom stereocenters. The predicted molar refractivity (Wildman–Crippen MR) is 67.6 cm³/mol. The maximum absolute atomic E-state index is 12.2. The molecule has 0 saturated heterocycles. The van der Waals surface area contributed by atoms with Gasteiger partial charge in [0.25, 0.3) is 0 Å². The van der Waals surface area contributed by atoms with Crippen LogP contribution in [0.15, 0.2) is 0 Å². The zero-order chi connectivity index (χ0) is 13.3. The number of aliphatic hydroxyl groups is 1. The van der Waals surface area contributed by atoms with E-state index in [0.717, 1.165) is 19.3 Å². The molecule has 0 heterocycles. The van der Waals surface area contributed by atoms with E-state index in [1.54, 1.807) is 0 Å². The molecule has 1 unspecified atom stereocenters. The number of carbonyl (C=O) groups excluding carboxylic acids is 1. The molecule has 17 heavy (non-hydrogen) atoms. The maximum Gasteiger partial charge on any atom is 0.312 e. The van der Waals surface area contributed by atoms with Gasteiger partial charge in [-0.3, -0.25) is 4.79 Å². The summed E-state index contributed by atoms with van der Waals surface area (Å²) >= 11 is 0. The minimum atomic E-state index is -0.332. The number of rotatable bonds is 6. The van der Waals surface area contributed by atoms with Crippen LogP contribution in [0.1, 0.15) is 53.9 Å². The Kier molecular flexibility index (Phi) is 3.92. The molecule has 1 aliphatic carbocycles. The van der Waals surface area contributed by atoms with Crippen LogP contribution >= 0.6 is 0 Å². The molecule has 0 aromatic carbocycles. The van der Waals surface area contributed by atoms with Crippen LogP contribution < -0.4 is 0 Å². The summed E-state index contributed by atoms with van der Waals surface area (Å²) in [5.74, 6) is -0.127. The van der Waals surface area contributed by atoms with Gasteiger partial charge < -0.3 is 9.84 Å². The van der Waals surface area contributed by atoms with Crippen LogP contribution in [0.3, 0.4) is 0 Å². The van der Waals surface area contributed by atoms with Crippen molar-refractivity contribution >= 4 is 5.97 Å². The summed E-state index contributed by atoms with van der Waals surface area (Å²) < 4.78 is 5.16. The van der Waals surface area contributed by atoms with Crippen molar-refractivity contribution in [1.82, 2.24) is 0 Å². The molecular weight excluding hydrogens is 216 g/mol. The molecule has 3 nitrogen and oxygen atoms in total. The Labute approximate surface area is 105 Å². The van der Waals surface area contributed by atoms with Crippen molar-refractivity contribution in [2.24, 2.45) is 16.2 Å². The predicted octanol–water partition coefficient (Wildman–Crippen LogP) is 2.76. The Morgan fingerprint density at radius 3 is 2.29 bits per heavy atom. The molecule has 1 saturated carbocycles. The van der Waals surface area contributed by atoms with E-state index in [9.17, 15) is 4.79 Å². The third-order valence-corrected chi connectivity index (χ3v) is 4.37. The van der Waals surface area contributed by atoms with E-state index in [1.165, 1.54) is 0 Å². The molecule has 0 aromatic rings. The maximum atomic E-state index is 12.2. The minimum Gasteiger partial charge on any atom is -0.463 e. The number of hydrogen-bond acceptors (Lipinski definition) is 3. The van der Waals surface area contributed by atoms with Gasteiger partial charge in [-0.05, 0) is 23.7 Å². The highest BCUT2D eigenvalue weighted by molar-refractivity contribution is 5.81. The smallest absolute Gasteiger partial charge is 0.312 e. The standard InChI is InChI=1S/C14H26O3/c1-6-12(2,3)9-14(10-13(14,4)5)11(16)17-8-7-15/h15H,6-10H2,1-5H3. The first-order valence-corrected chi connectivity index (χ1v) is 6.49. The Hall–Kier alpha value is -0.570. The van der Waals surface area contributed by atoms with Gasteiger partial charge in [0.15, 0.2) is 0 Å². The zero-order valence-electron chi connectivity index (χ0n) is 11.8. The zero-order valence-corrected chi connectivity index (χ0v) is 11.8. The molecule has 0 bridgehead atoms. The normalized spacial score (nSPS) is 26.7. The Morgan fingerprint density at radius 2 is 1.94 bits per heavy atom. The third kappa shape index (κ3) is 2.82. The van der Waals surface area contributed by atoms with Crippen molar-refractivity contribution in [1.29, 1.82) is 0 Å². The van der Waals surface area contributed by atoms with Crippen molar-refractivity contribution in [3.05, 3.63) is 0 Å². The van der Waals surface area contributed by atoms with Gasteiger partial charge in [-0.2, -0.15) is 0 Å². The van der Waals surface area contributed by atoms with Gasteiger partial charge in [0, 0.05) is 0 Å². The fraction of sp³-hybridized carbons (Fsp3) is 0.929. The average molecular weight is 242 g/mol. The van der Waals surface area contributed by atoms with Crippen LogP contribution in [0.2, 0.25) is 0 Å². The van der Waals surface area contributed by atoms with Crippen molar-refractivity contribution in [3.8, 4) is 0 Å². The number of esters is 1. The first-order valence-electron chi connectivity index (χ1n) is 6.49. The van der Waals surface area contributed by atoms with E-state index in [4.69, 9.17) is 9.84 Å². The average Bonchev–Trinajstić information content (AvgIpc) is 2.77. The fourth-order valence-corrected chi connectivity index (χ4v) is 2.65. The number of hydrogen-bond donors (Lipinski definition) is 1. The molecule has 1 rings (SSSR count). The quantitative estimate of drug-likeness (QED) is 0.728. The lowest BCUT2D eigenvalue weighted by molar-refractivity contribution is -0.154. The van der Waals surface area contributed by atoms with Gasteiger partial charge in [0.1, 0.15) is 6.61 Å². The fourth-order valence-electron chi connectivity index (χ4n) is 2.65. The summed E-state index contributed by atoms with van der Waals surface area (Å²) in [5, 5.41) is 8.73. The highest BCUT2D eigenvalue weighted by Gasteiger charge is 2.68. The number of aliphatic hydroxyl groups excluding tert-OH is 1. The highest BCUT2D eigenvalue weighted by Crippen LogP contribution is 2.68. The summed E-state index contributed by atoms with van der Waals surface area (Å²) in [6.07, 6.45) is 2.82. The van der Waals surface area contributed by atoms with E-state index >= 15 is 0 Å². The van der Waals surface area contributed by atoms with Crippen molar-refractivity contribution < 1.29 is 14.6 Å². The summed E-state index contributed by atoms with van der Waals surface area (Å²) in [7, 11) is 0. The molecule has 0 aromatic heterocycles. The van der Waals surface area contributed by atoms with Crippen LogP contribution in [-0.2, 0) is 9.53 Å². The molecule has 0 spiro atoms. The summed E-state index contributed by atoms with van der Waals surface area (Å²) in [5.41, 5.74) is -0.139. The Balaban J connectivity index is 2.76. The van der Waals surface area contributed by atoms with Crippen LogP contribution in [0.25, 0.3) is 0 Å². The molecular formula is C14H26O3. The lowest BCUT2D eigenvalue weighted by Gasteiger charge is -2.29. The first-order chi connectivity index (χ1) is 7.71. The van der Waals surface area contributed by atoms with E-state index in [1.807, 2.05) is 0 Å². The van der Waals surface area contributed by atoms with Crippen molar-refractivity contribution in [2.75, 3.05) is 13.2 Å². The van der Waals surface area contributed by atoms with Gasteiger partial charge in [-0.1, -0.05) is 41.0 Å². The number of ether oxygens (including phenoxy) is 1. The van der Waals surface area contributed by atoms with Gasteiger partial charge >= 0.3 is 5.97 Å². The largest absolute Gasteiger partial charge is 0.463 e. The number of carbonyl (C=O) groups is 1. The van der Waals surface area contributed by atoms with Gasteiger partial charge in [0.05, 0.1) is 12.0 Å². The molecule has 1 N–H and O–H groups in total. The third-order valence-electron chi connectivity index (χ3n) is 4.37. The van der Waals surface area contributed by atoms with Crippen LogP contribution in [0.5, 0.6) is 0 Å². The summed E-state index contributed by atoms with van der Waals surface area (Å²) in [6.45, 7) is 10.8. The van der Waals surface area contributed by atoms with Crippen LogP contribution in [-0.4, -0.2) is 24.3 Å². The molecule has 0 aliphatic heterocycles. The molecule has 0 radical (unpaired) electrons. The second kappa shape index (κ2) is 4.60. The summed E-state index contributed by atoms with van der Waals surface area (Å²) in [6, 6.07) is 0. The molecule has 0 amide bonds. The van der Waals surface area contributed by atoms with Gasteiger partial charge in [0.2, 0.25) is 0 Å². The van der Waals surface area contributed by atoms with Crippen LogP contribution in [0.4, 0.5) is 0 Å². The van der Waals surface area contributed by atoms with E-state index in [-0.39, 0.29) is 35.4 Å². The highest BCUT2D eigenvalue weighted by atomic mass is 16.5. The molecule has 1 aliphatic rings. The lowest BCUT2D eigenvalue weighted by atomic mass is 9.76. The SMILES string of the molecule is CCC(C)(C)CC1(C(=O)OCCO)CC1(C)C. The summed E-state index contributed by atoms with van der Waals surface area (Å²) in [4.78, 5) is 12.2. The van der Waals surface area contributed by atoms with Crippen molar-refractivity contribution in [2.45, 2.75) is 53.9 Å². The van der Waals surface area contributed by atoms with E-state index in [0.29, 0.717) is 0 Å².